The zero-order chi connectivity index (χ0) is 13.2. The zero-order valence-corrected chi connectivity index (χ0v) is 11.5. The van der Waals surface area contributed by atoms with Gasteiger partial charge in [-0.2, -0.15) is 0 Å². The molecule has 0 bridgehead atoms. The van der Waals surface area contributed by atoms with Gasteiger partial charge in [-0.3, -0.25) is 4.98 Å². The fraction of sp³-hybridized carbons (Fsp3) is 0.471. The highest BCUT2D eigenvalue weighted by molar-refractivity contribution is 5.85. The topological polar surface area (TPSA) is 38.9 Å². The van der Waals surface area contributed by atoms with Crippen molar-refractivity contribution in [1.29, 1.82) is 0 Å². The second kappa shape index (κ2) is 5.30. The van der Waals surface area contributed by atoms with Gasteiger partial charge in [0.1, 0.15) is 0 Å². The molecule has 2 nitrogen and oxygen atoms in total. The molecule has 0 radical (unpaired) electrons. The molecule has 3 rings (SSSR count). The molecule has 0 spiro atoms. The number of aromatic nitrogens is 1. The standard InChI is InChI=1S/C17H22N2/c1-2-12-7-8-17(18)15(9-12)16-11-19-10-13-5-3-4-6-14(13)16/h3-6,10-12,15,17H,2,7-9,18H2,1H3. The molecule has 19 heavy (non-hydrogen) atoms. The number of fused-ring (bicyclic) bond motifs is 1. The van der Waals surface area contributed by atoms with Gasteiger partial charge in [-0.25, -0.2) is 0 Å². The van der Waals surface area contributed by atoms with E-state index >= 15 is 0 Å². The number of rotatable bonds is 2. The van der Waals surface area contributed by atoms with Crippen LogP contribution in [0.4, 0.5) is 0 Å². The summed E-state index contributed by atoms with van der Waals surface area (Å²) in [6.07, 6.45) is 8.89. The molecule has 1 aromatic heterocycles. The summed E-state index contributed by atoms with van der Waals surface area (Å²) < 4.78 is 0. The van der Waals surface area contributed by atoms with Crippen molar-refractivity contribution >= 4 is 10.8 Å². The van der Waals surface area contributed by atoms with Crippen molar-refractivity contribution in [1.82, 2.24) is 4.98 Å². The van der Waals surface area contributed by atoms with Crippen LogP contribution in [0, 0.1) is 5.92 Å². The van der Waals surface area contributed by atoms with Crippen LogP contribution in [0.1, 0.15) is 44.1 Å². The number of pyridine rings is 1. The van der Waals surface area contributed by atoms with E-state index in [1.165, 1.54) is 35.6 Å². The molecular weight excluding hydrogens is 232 g/mol. The Morgan fingerprint density at radius 1 is 1.21 bits per heavy atom. The molecule has 0 amide bonds. The Balaban J connectivity index is 2.02. The van der Waals surface area contributed by atoms with Crippen LogP contribution in [-0.4, -0.2) is 11.0 Å². The summed E-state index contributed by atoms with van der Waals surface area (Å²) in [5.41, 5.74) is 7.74. The lowest BCUT2D eigenvalue weighted by Gasteiger charge is -2.34. The number of nitrogens with zero attached hydrogens (tertiary/aromatic N) is 1. The summed E-state index contributed by atoms with van der Waals surface area (Å²) in [6.45, 7) is 2.29. The van der Waals surface area contributed by atoms with Crippen LogP contribution < -0.4 is 5.73 Å². The largest absolute Gasteiger partial charge is 0.327 e. The van der Waals surface area contributed by atoms with Crippen molar-refractivity contribution in [2.24, 2.45) is 11.7 Å². The average molecular weight is 254 g/mol. The van der Waals surface area contributed by atoms with E-state index in [-0.39, 0.29) is 6.04 Å². The summed E-state index contributed by atoms with van der Waals surface area (Å²) in [5, 5.41) is 2.56. The first-order valence-corrected chi connectivity index (χ1v) is 7.37. The van der Waals surface area contributed by atoms with Crippen LogP contribution in [0.2, 0.25) is 0 Å². The molecule has 2 aromatic rings. The predicted octanol–water partition coefficient (Wildman–Crippen LogP) is 3.86. The van der Waals surface area contributed by atoms with Gasteiger partial charge in [0.15, 0.2) is 0 Å². The van der Waals surface area contributed by atoms with E-state index in [9.17, 15) is 0 Å². The Morgan fingerprint density at radius 2 is 2.05 bits per heavy atom. The first-order chi connectivity index (χ1) is 9.29. The molecule has 1 aliphatic rings. The van der Waals surface area contributed by atoms with Gasteiger partial charge in [0.2, 0.25) is 0 Å². The van der Waals surface area contributed by atoms with Gasteiger partial charge in [0.25, 0.3) is 0 Å². The number of nitrogens with two attached hydrogens (primary N) is 1. The molecule has 2 heteroatoms. The van der Waals surface area contributed by atoms with Crippen LogP contribution in [0.5, 0.6) is 0 Å². The predicted molar refractivity (Wildman–Crippen MR) is 80.1 cm³/mol. The molecule has 1 aliphatic carbocycles. The summed E-state index contributed by atoms with van der Waals surface area (Å²) in [7, 11) is 0. The van der Waals surface area contributed by atoms with Crippen molar-refractivity contribution in [3.8, 4) is 0 Å². The minimum atomic E-state index is 0.287. The van der Waals surface area contributed by atoms with Gasteiger partial charge >= 0.3 is 0 Å². The number of hydrogen-bond donors (Lipinski definition) is 1. The third-order valence-electron chi connectivity index (χ3n) is 4.69. The lowest BCUT2D eigenvalue weighted by Crippen LogP contribution is -2.34. The minimum absolute atomic E-state index is 0.287. The molecule has 3 atom stereocenters. The quantitative estimate of drug-likeness (QED) is 0.884. The van der Waals surface area contributed by atoms with Crippen LogP contribution >= 0.6 is 0 Å². The third-order valence-corrected chi connectivity index (χ3v) is 4.69. The average Bonchev–Trinajstić information content (AvgIpc) is 2.47. The highest BCUT2D eigenvalue weighted by Gasteiger charge is 2.29. The Bertz CT molecular complexity index is 559. The van der Waals surface area contributed by atoms with Gasteiger partial charge in [0.05, 0.1) is 0 Å². The van der Waals surface area contributed by atoms with Crippen LogP contribution in [0.25, 0.3) is 10.8 Å². The summed E-state index contributed by atoms with van der Waals surface area (Å²) >= 11 is 0. The highest BCUT2D eigenvalue weighted by atomic mass is 14.7. The van der Waals surface area contributed by atoms with Gasteiger partial charge in [-0.15, -0.1) is 0 Å². The fourth-order valence-corrected chi connectivity index (χ4v) is 3.44. The maximum absolute atomic E-state index is 6.39. The summed E-state index contributed by atoms with van der Waals surface area (Å²) in [5.74, 6) is 1.29. The first-order valence-electron chi connectivity index (χ1n) is 7.37. The van der Waals surface area contributed by atoms with Crippen molar-refractivity contribution in [2.45, 2.75) is 44.6 Å². The third kappa shape index (κ3) is 2.37. The molecule has 3 unspecified atom stereocenters. The highest BCUT2D eigenvalue weighted by Crippen LogP contribution is 2.39. The van der Waals surface area contributed by atoms with E-state index in [0.717, 1.165) is 12.3 Å². The number of hydrogen-bond acceptors (Lipinski definition) is 2. The smallest absolute Gasteiger partial charge is 0.0346 e. The minimum Gasteiger partial charge on any atom is -0.327 e. The van der Waals surface area contributed by atoms with Gasteiger partial charge in [-0.1, -0.05) is 37.6 Å². The molecule has 0 saturated heterocycles. The van der Waals surface area contributed by atoms with E-state index in [1.54, 1.807) is 0 Å². The molecule has 1 saturated carbocycles. The normalized spacial score (nSPS) is 27.6. The Labute approximate surface area is 115 Å². The summed E-state index contributed by atoms with van der Waals surface area (Å²) in [6, 6.07) is 8.81. The summed E-state index contributed by atoms with van der Waals surface area (Å²) in [4.78, 5) is 4.42. The van der Waals surface area contributed by atoms with Gasteiger partial charge in [-0.05, 0) is 36.1 Å². The fourth-order valence-electron chi connectivity index (χ4n) is 3.44. The second-order valence-electron chi connectivity index (χ2n) is 5.81. The van der Waals surface area contributed by atoms with E-state index in [2.05, 4.69) is 36.2 Å². The maximum atomic E-state index is 6.39. The molecule has 1 heterocycles. The molecule has 1 fully saturated rings. The monoisotopic (exact) mass is 254 g/mol. The molecular formula is C17H22N2. The van der Waals surface area contributed by atoms with E-state index in [1.807, 2.05) is 12.4 Å². The van der Waals surface area contributed by atoms with Crippen molar-refractivity contribution in [2.75, 3.05) is 0 Å². The lowest BCUT2D eigenvalue weighted by atomic mass is 9.74. The van der Waals surface area contributed by atoms with Crippen LogP contribution in [-0.2, 0) is 0 Å². The van der Waals surface area contributed by atoms with E-state index < -0.39 is 0 Å². The SMILES string of the molecule is CCC1CCC(N)C(c2cncc3ccccc23)C1. The number of benzene rings is 1. The second-order valence-corrected chi connectivity index (χ2v) is 5.81. The van der Waals surface area contributed by atoms with Gasteiger partial charge < -0.3 is 5.73 Å². The lowest BCUT2D eigenvalue weighted by molar-refractivity contribution is 0.283. The Kier molecular flexibility index (Phi) is 3.52. The first kappa shape index (κ1) is 12.6. The molecule has 1 aromatic carbocycles. The van der Waals surface area contributed by atoms with Crippen LogP contribution in [0.3, 0.4) is 0 Å². The van der Waals surface area contributed by atoms with E-state index in [4.69, 9.17) is 5.73 Å². The molecule has 2 N–H and O–H groups in total. The zero-order valence-electron chi connectivity index (χ0n) is 11.5. The Hall–Kier alpha value is -1.41. The van der Waals surface area contributed by atoms with Crippen molar-refractivity contribution in [3.05, 3.63) is 42.2 Å². The van der Waals surface area contributed by atoms with E-state index in [0.29, 0.717) is 5.92 Å². The Morgan fingerprint density at radius 3 is 2.89 bits per heavy atom. The maximum Gasteiger partial charge on any atom is 0.0346 e. The van der Waals surface area contributed by atoms with Crippen molar-refractivity contribution in [3.63, 3.8) is 0 Å². The molecule has 100 valence electrons. The van der Waals surface area contributed by atoms with Crippen LogP contribution in [0.15, 0.2) is 36.7 Å². The molecule has 0 aliphatic heterocycles. The van der Waals surface area contributed by atoms with Crippen molar-refractivity contribution < 1.29 is 0 Å². The van der Waals surface area contributed by atoms with Gasteiger partial charge in [0, 0.05) is 29.7 Å².